The molecule has 0 aromatic rings. The Bertz CT molecular complexity index is 190. The van der Waals surface area contributed by atoms with Crippen LogP contribution in [-0.2, 0) is 14.2 Å². The third kappa shape index (κ3) is 1.00. The minimum absolute atomic E-state index is 0.142. The molecule has 3 nitrogen and oxygen atoms in total. The van der Waals surface area contributed by atoms with Crippen LogP contribution >= 0.6 is 0 Å². The fraction of sp³-hybridized carbons (Fsp3) is 0.750. The second-order valence-electron chi connectivity index (χ2n) is 3.09. The van der Waals surface area contributed by atoms with Gasteiger partial charge in [0.15, 0.2) is 6.29 Å². The Kier molecular flexibility index (Phi) is 1.52. The number of ether oxygens (including phenoxy) is 3. The fourth-order valence-corrected chi connectivity index (χ4v) is 1.36. The number of hydrogen-bond donors (Lipinski definition) is 0. The average Bonchev–Trinajstić information content (AvgIpc) is 2.44. The van der Waals surface area contributed by atoms with E-state index in [0.29, 0.717) is 6.61 Å². The summed E-state index contributed by atoms with van der Waals surface area (Å²) in [5.74, 6) is 0. The smallest absolute Gasteiger partial charge is 0.190 e. The maximum atomic E-state index is 5.47. The zero-order valence-corrected chi connectivity index (χ0v) is 6.74. The van der Waals surface area contributed by atoms with E-state index < -0.39 is 5.60 Å². The minimum Gasteiger partial charge on any atom is -0.369 e. The third-order valence-electron chi connectivity index (χ3n) is 2.26. The van der Waals surface area contributed by atoms with E-state index >= 15 is 0 Å². The Morgan fingerprint density at radius 3 is 3.18 bits per heavy atom. The van der Waals surface area contributed by atoms with Crippen molar-refractivity contribution in [1.29, 1.82) is 0 Å². The van der Waals surface area contributed by atoms with Gasteiger partial charge >= 0.3 is 0 Å². The highest BCUT2D eigenvalue weighted by molar-refractivity contribution is 5.11. The Hall–Kier alpha value is -0.380. The van der Waals surface area contributed by atoms with Crippen LogP contribution in [0, 0.1) is 0 Å². The van der Waals surface area contributed by atoms with Gasteiger partial charge in [0.2, 0.25) is 0 Å². The first-order valence-electron chi connectivity index (χ1n) is 3.76. The molecule has 0 aromatic carbocycles. The summed E-state index contributed by atoms with van der Waals surface area (Å²) in [5, 5.41) is 0. The van der Waals surface area contributed by atoms with Gasteiger partial charge in [-0.2, -0.15) is 0 Å². The molecule has 2 heterocycles. The number of methoxy groups -OCH3 is 1. The Balaban J connectivity index is 2.24. The lowest BCUT2D eigenvalue weighted by Gasteiger charge is -2.31. The maximum Gasteiger partial charge on any atom is 0.190 e. The first-order valence-corrected chi connectivity index (χ1v) is 3.76. The molecule has 1 saturated heterocycles. The largest absolute Gasteiger partial charge is 0.369 e. The van der Waals surface area contributed by atoms with E-state index in [9.17, 15) is 0 Å². The SMILES string of the molecule is CO[C@@]1(C)C=C[C@H]2CO[C@@H]1O2. The Morgan fingerprint density at radius 1 is 1.64 bits per heavy atom. The standard InChI is InChI=1S/C8H12O3/c1-8(9-2)4-3-6-5-10-7(8)11-6/h3-4,6-7H,5H2,1-2H3/t6-,7+,8-/m0/s1. The van der Waals surface area contributed by atoms with Gasteiger partial charge in [-0.1, -0.05) is 6.08 Å². The quantitative estimate of drug-likeness (QED) is 0.523. The molecule has 0 saturated carbocycles. The van der Waals surface area contributed by atoms with Gasteiger partial charge in [-0.25, -0.2) is 0 Å². The molecule has 11 heavy (non-hydrogen) atoms. The molecule has 2 aliphatic heterocycles. The van der Waals surface area contributed by atoms with Crippen LogP contribution < -0.4 is 0 Å². The number of hydrogen-bond acceptors (Lipinski definition) is 3. The molecular weight excluding hydrogens is 144 g/mol. The summed E-state index contributed by atoms with van der Waals surface area (Å²) < 4.78 is 16.1. The van der Waals surface area contributed by atoms with Crippen molar-refractivity contribution >= 4 is 0 Å². The summed E-state index contributed by atoms with van der Waals surface area (Å²) in [6.45, 7) is 2.61. The Labute approximate surface area is 65.9 Å². The van der Waals surface area contributed by atoms with Crippen molar-refractivity contribution in [2.45, 2.75) is 24.9 Å². The number of rotatable bonds is 1. The van der Waals surface area contributed by atoms with Crippen LogP contribution in [-0.4, -0.2) is 31.7 Å². The molecule has 0 spiro atoms. The van der Waals surface area contributed by atoms with Crippen molar-refractivity contribution in [3.8, 4) is 0 Å². The van der Waals surface area contributed by atoms with Crippen LogP contribution in [0.3, 0.4) is 0 Å². The number of fused-ring (bicyclic) bond motifs is 2. The molecule has 0 unspecified atom stereocenters. The summed E-state index contributed by atoms with van der Waals surface area (Å²) in [5.41, 5.74) is -0.396. The molecular formula is C8H12O3. The van der Waals surface area contributed by atoms with Crippen molar-refractivity contribution in [2.75, 3.05) is 13.7 Å². The predicted molar refractivity (Wildman–Crippen MR) is 39.2 cm³/mol. The second-order valence-corrected chi connectivity index (χ2v) is 3.09. The van der Waals surface area contributed by atoms with Gasteiger partial charge in [0.1, 0.15) is 11.7 Å². The van der Waals surface area contributed by atoms with Gasteiger partial charge in [-0.3, -0.25) is 0 Å². The summed E-state index contributed by atoms with van der Waals surface area (Å²) in [6.07, 6.45) is 3.93. The van der Waals surface area contributed by atoms with Gasteiger partial charge in [-0.15, -0.1) is 0 Å². The summed E-state index contributed by atoms with van der Waals surface area (Å²) in [6, 6.07) is 0. The van der Waals surface area contributed by atoms with Crippen LogP contribution in [0.4, 0.5) is 0 Å². The monoisotopic (exact) mass is 156 g/mol. The molecule has 62 valence electrons. The molecule has 0 radical (unpaired) electrons. The van der Waals surface area contributed by atoms with Crippen molar-refractivity contribution in [2.24, 2.45) is 0 Å². The molecule has 0 aliphatic carbocycles. The van der Waals surface area contributed by atoms with Crippen molar-refractivity contribution < 1.29 is 14.2 Å². The van der Waals surface area contributed by atoms with Crippen LogP contribution in [0.5, 0.6) is 0 Å². The highest BCUT2D eigenvalue weighted by Crippen LogP contribution is 2.31. The van der Waals surface area contributed by atoms with Gasteiger partial charge in [0, 0.05) is 7.11 Å². The molecule has 3 heteroatoms. The lowest BCUT2D eigenvalue weighted by Crippen LogP contribution is -2.42. The summed E-state index contributed by atoms with van der Waals surface area (Å²) >= 11 is 0. The van der Waals surface area contributed by atoms with Gasteiger partial charge in [0.25, 0.3) is 0 Å². The molecule has 2 rings (SSSR count). The van der Waals surface area contributed by atoms with Crippen molar-refractivity contribution in [1.82, 2.24) is 0 Å². The van der Waals surface area contributed by atoms with E-state index in [1.54, 1.807) is 7.11 Å². The summed E-state index contributed by atoms with van der Waals surface area (Å²) in [7, 11) is 1.66. The third-order valence-corrected chi connectivity index (χ3v) is 2.26. The van der Waals surface area contributed by atoms with Gasteiger partial charge in [-0.05, 0) is 13.0 Å². The minimum atomic E-state index is -0.396. The average molecular weight is 156 g/mol. The van der Waals surface area contributed by atoms with Gasteiger partial charge in [0.05, 0.1) is 6.61 Å². The van der Waals surface area contributed by atoms with Crippen LogP contribution in [0.2, 0.25) is 0 Å². The predicted octanol–water partition coefficient (Wildman–Crippen LogP) is 0.703. The zero-order valence-electron chi connectivity index (χ0n) is 6.74. The van der Waals surface area contributed by atoms with Crippen molar-refractivity contribution in [3.63, 3.8) is 0 Å². The molecule has 0 N–H and O–H groups in total. The van der Waals surface area contributed by atoms with Crippen LogP contribution in [0.1, 0.15) is 6.92 Å². The van der Waals surface area contributed by atoms with E-state index in [1.165, 1.54) is 0 Å². The molecule has 0 aromatic heterocycles. The zero-order chi connectivity index (χ0) is 7.90. The van der Waals surface area contributed by atoms with Crippen LogP contribution in [0.25, 0.3) is 0 Å². The first-order chi connectivity index (χ1) is 5.24. The topological polar surface area (TPSA) is 27.7 Å². The summed E-state index contributed by atoms with van der Waals surface area (Å²) in [4.78, 5) is 0. The molecule has 1 fully saturated rings. The second kappa shape index (κ2) is 2.30. The lowest BCUT2D eigenvalue weighted by atomic mass is 10.0. The molecule has 2 aliphatic rings. The highest BCUT2D eigenvalue weighted by atomic mass is 16.7. The molecule has 3 atom stereocenters. The lowest BCUT2D eigenvalue weighted by molar-refractivity contribution is -0.174. The van der Waals surface area contributed by atoms with E-state index in [1.807, 2.05) is 19.1 Å². The van der Waals surface area contributed by atoms with E-state index in [4.69, 9.17) is 14.2 Å². The molecule has 0 amide bonds. The molecule has 2 bridgehead atoms. The van der Waals surface area contributed by atoms with E-state index in [0.717, 1.165) is 0 Å². The highest BCUT2D eigenvalue weighted by Gasteiger charge is 2.43. The maximum absolute atomic E-state index is 5.47. The first kappa shape index (κ1) is 7.28. The van der Waals surface area contributed by atoms with E-state index in [2.05, 4.69) is 0 Å². The normalized spacial score (nSPS) is 48.2. The van der Waals surface area contributed by atoms with Crippen LogP contribution in [0.15, 0.2) is 12.2 Å². The van der Waals surface area contributed by atoms with Crippen molar-refractivity contribution in [3.05, 3.63) is 12.2 Å². The van der Waals surface area contributed by atoms with Gasteiger partial charge < -0.3 is 14.2 Å². The van der Waals surface area contributed by atoms with E-state index in [-0.39, 0.29) is 12.4 Å². The fourth-order valence-electron chi connectivity index (χ4n) is 1.36. The Morgan fingerprint density at radius 2 is 2.45 bits per heavy atom.